The van der Waals surface area contributed by atoms with E-state index in [1.165, 1.54) is 11.3 Å². The lowest BCUT2D eigenvalue weighted by Gasteiger charge is -2.17. The molecule has 3 aromatic rings. The van der Waals surface area contributed by atoms with Gasteiger partial charge in [-0.25, -0.2) is 4.79 Å². The zero-order valence-electron chi connectivity index (χ0n) is 16.2. The smallest absolute Gasteiger partial charge is 0.345 e. The summed E-state index contributed by atoms with van der Waals surface area (Å²) >= 11 is 1.22. The Hall–Kier alpha value is -3.32. The molecule has 0 spiro atoms. The molecule has 0 saturated heterocycles. The van der Waals surface area contributed by atoms with Crippen molar-refractivity contribution < 1.29 is 24.2 Å². The van der Waals surface area contributed by atoms with Crippen LogP contribution in [0.4, 0.5) is 5.69 Å². The first-order valence-electron chi connectivity index (χ1n) is 9.62. The fraction of sp³-hybridized carbons (Fsp3) is 0.217. The van der Waals surface area contributed by atoms with Crippen molar-refractivity contribution in [3.05, 3.63) is 64.5 Å². The van der Waals surface area contributed by atoms with Crippen LogP contribution in [-0.2, 0) is 10.2 Å². The Balaban J connectivity index is 1.40. The van der Waals surface area contributed by atoms with E-state index in [1.54, 1.807) is 12.1 Å². The zero-order valence-corrected chi connectivity index (χ0v) is 17.0. The summed E-state index contributed by atoms with van der Waals surface area (Å²) in [6, 6.07) is 14.8. The van der Waals surface area contributed by atoms with E-state index in [2.05, 4.69) is 5.32 Å². The third-order valence-corrected chi connectivity index (χ3v) is 6.79. The van der Waals surface area contributed by atoms with Crippen LogP contribution in [0.15, 0.2) is 48.5 Å². The molecule has 2 aliphatic rings. The van der Waals surface area contributed by atoms with Crippen molar-refractivity contribution in [2.75, 3.05) is 12.1 Å². The Morgan fingerprint density at radius 2 is 1.83 bits per heavy atom. The molecular weight excluding hydrogens is 402 g/mol. The Kier molecular flexibility index (Phi) is 4.29. The molecule has 1 aromatic heterocycles. The highest BCUT2D eigenvalue weighted by Crippen LogP contribution is 2.51. The monoisotopic (exact) mass is 421 g/mol. The third-order valence-electron chi connectivity index (χ3n) is 5.69. The molecule has 6 nitrogen and oxygen atoms in total. The molecule has 1 fully saturated rings. The van der Waals surface area contributed by atoms with Crippen LogP contribution in [0.25, 0.3) is 10.4 Å². The number of nitrogens with one attached hydrogen (secondary N) is 1. The molecule has 0 bridgehead atoms. The maximum atomic E-state index is 13.2. The number of anilines is 1. The number of hydrogen-bond acceptors (Lipinski definition) is 5. The molecule has 1 aliphatic heterocycles. The number of aryl methyl sites for hydroxylation is 1. The number of thiophene rings is 1. The Bertz CT molecular complexity index is 1180. The normalized spacial score (nSPS) is 15.6. The topological polar surface area (TPSA) is 84.9 Å². The van der Waals surface area contributed by atoms with Gasteiger partial charge >= 0.3 is 5.97 Å². The lowest BCUT2D eigenvalue weighted by Crippen LogP contribution is -2.27. The summed E-state index contributed by atoms with van der Waals surface area (Å²) in [5.41, 5.74) is 3.01. The molecule has 2 N–H and O–H groups in total. The average Bonchev–Trinajstić information content (AvgIpc) is 3.17. The lowest BCUT2D eigenvalue weighted by atomic mass is 9.94. The van der Waals surface area contributed by atoms with Gasteiger partial charge in [-0.15, -0.1) is 11.3 Å². The minimum Gasteiger partial charge on any atom is -0.477 e. The van der Waals surface area contributed by atoms with Gasteiger partial charge in [0.1, 0.15) is 4.88 Å². The van der Waals surface area contributed by atoms with E-state index < -0.39 is 11.4 Å². The van der Waals surface area contributed by atoms with E-state index in [9.17, 15) is 14.7 Å². The predicted molar refractivity (Wildman–Crippen MR) is 114 cm³/mol. The predicted octanol–water partition coefficient (Wildman–Crippen LogP) is 4.82. The van der Waals surface area contributed by atoms with Gasteiger partial charge in [0.05, 0.1) is 5.41 Å². The van der Waals surface area contributed by atoms with Crippen molar-refractivity contribution in [3.8, 4) is 21.9 Å². The summed E-state index contributed by atoms with van der Waals surface area (Å²) < 4.78 is 10.8. The van der Waals surface area contributed by atoms with Crippen LogP contribution in [0.1, 0.15) is 33.6 Å². The second kappa shape index (κ2) is 6.88. The molecule has 152 valence electrons. The van der Waals surface area contributed by atoms with E-state index in [-0.39, 0.29) is 12.7 Å². The molecule has 7 heteroatoms. The van der Waals surface area contributed by atoms with Crippen molar-refractivity contribution in [1.82, 2.24) is 0 Å². The number of carbonyl (C=O) groups excluding carboxylic acids is 1. The third kappa shape index (κ3) is 3.11. The van der Waals surface area contributed by atoms with Crippen molar-refractivity contribution in [1.29, 1.82) is 0 Å². The minimum absolute atomic E-state index is 0.0476. The molecule has 2 aromatic carbocycles. The fourth-order valence-electron chi connectivity index (χ4n) is 3.78. The minimum atomic E-state index is -0.937. The number of aromatic carboxylic acids is 1. The first-order chi connectivity index (χ1) is 14.5. The van der Waals surface area contributed by atoms with Crippen LogP contribution < -0.4 is 14.8 Å². The van der Waals surface area contributed by atoms with Gasteiger partial charge in [0.15, 0.2) is 11.5 Å². The maximum Gasteiger partial charge on any atom is 0.345 e. The van der Waals surface area contributed by atoms with Crippen LogP contribution in [0.5, 0.6) is 11.5 Å². The molecule has 1 aliphatic carbocycles. The number of carbonyl (C=O) groups is 2. The van der Waals surface area contributed by atoms with Gasteiger partial charge < -0.3 is 19.9 Å². The van der Waals surface area contributed by atoms with Gasteiger partial charge in [-0.1, -0.05) is 12.1 Å². The summed E-state index contributed by atoms with van der Waals surface area (Å²) in [4.78, 5) is 25.5. The van der Waals surface area contributed by atoms with E-state index in [4.69, 9.17) is 9.47 Å². The molecule has 0 atom stereocenters. The van der Waals surface area contributed by atoms with Gasteiger partial charge in [0.25, 0.3) is 0 Å². The second-order valence-electron chi connectivity index (χ2n) is 7.60. The van der Waals surface area contributed by atoms with E-state index in [0.29, 0.717) is 22.1 Å². The van der Waals surface area contributed by atoms with Gasteiger partial charge in [0, 0.05) is 10.6 Å². The van der Waals surface area contributed by atoms with Crippen molar-refractivity contribution in [3.63, 3.8) is 0 Å². The molecule has 0 radical (unpaired) electrons. The van der Waals surface area contributed by atoms with E-state index >= 15 is 0 Å². The quantitative estimate of drug-likeness (QED) is 0.617. The number of carboxylic acids is 1. The molecule has 0 unspecified atom stereocenters. The molecular formula is C23H19NO5S. The standard InChI is InChI=1S/C23H19NO5S/c1-13-2-4-15(11-16(13)19-6-7-20(30-19)21(25)26)24-22(27)23(8-9-23)14-3-5-17-18(10-14)29-12-28-17/h2-7,10-11H,8-9,12H2,1H3,(H,24,27)(H,25,26). The van der Waals surface area contributed by atoms with Gasteiger partial charge in [-0.2, -0.15) is 0 Å². The number of rotatable bonds is 5. The van der Waals surface area contributed by atoms with Crippen molar-refractivity contribution in [2.24, 2.45) is 0 Å². The summed E-state index contributed by atoms with van der Waals surface area (Å²) in [7, 11) is 0. The SMILES string of the molecule is Cc1ccc(NC(=O)C2(c3ccc4c(c3)OCO4)CC2)cc1-c1ccc(C(=O)O)s1. The van der Waals surface area contributed by atoms with Gasteiger partial charge in [0.2, 0.25) is 12.7 Å². The first kappa shape index (κ1) is 18.7. The molecule has 30 heavy (non-hydrogen) atoms. The van der Waals surface area contributed by atoms with E-state index in [1.807, 2.05) is 43.3 Å². The van der Waals surface area contributed by atoms with Crippen molar-refractivity contribution in [2.45, 2.75) is 25.2 Å². The largest absolute Gasteiger partial charge is 0.477 e. The number of amides is 1. The fourth-order valence-corrected chi connectivity index (χ4v) is 4.71. The molecule has 5 rings (SSSR count). The summed E-state index contributed by atoms with van der Waals surface area (Å²) in [6.07, 6.45) is 1.56. The highest BCUT2D eigenvalue weighted by molar-refractivity contribution is 7.17. The summed E-state index contributed by atoms with van der Waals surface area (Å²) in [6.45, 7) is 2.17. The number of ether oxygens (including phenoxy) is 2. The Morgan fingerprint density at radius 1 is 1.03 bits per heavy atom. The van der Waals surface area contributed by atoms with Crippen molar-refractivity contribution >= 4 is 28.9 Å². The Morgan fingerprint density at radius 3 is 2.57 bits per heavy atom. The van der Waals surface area contributed by atoms with Crippen LogP contribution in [0.2, 0.25) is 0 Å². The molecule has 1 saturated carbocycles. The lowest BCUT2D eigenvalue weighted by molar-refractivity contribution is -0.118. The highest BCUT2D eigenvalue weighted by atomic mass is 32.1. The summed E-state index contributed by atoms with van der Waals surface area (Å²) in [5, 5.41) is 12.2. The number of carboxylic acid groups (broad SMARTS) is 1. The van der Waals surface area contributed by atoms with Crippen LogP contribution >= 0.6 is 11.3 Å². The molecule has 2 heterocycles. The van der Waals surface area contributed by atoms with Crippen LogP contribution in [0, 0.1) is 6.92 Å². The van der Waals surface area contributed by atoms with Crippen LogP contribution in [-0.4, -0.2) is 23.8 Å². The number of fused-ring (bicyclic) bond motifs is 1. The maximum absolute atomic E-state index is 13.2. The molecule has 1 amide bonds. The van der Waals surface area contributed by atoms with E-state index in [0.717, 1.165) is 34.4 Å². The number of benzene rings is 2. The first-order valence-corrected chi connectivity index (χ1v) is 10.4. The van der Waals surface area contributed by atoms with Gasteiger partial charge in [-0.3, -0.25) is 4.79 Å². The van der Waals surface area contributed by atoms with Gasteiger partial charge in [-0.05, 0) is 72.9 Å². The average molecular weight is 421 g/mol. The highest BCUT2D eigenvalue weighted by Gasteiger charge is 2.51. The Labute approximate surface area is 177 Å². The summed E-state index contributed by atoms with van der Waals surface area (Å²) in [5.74, 6) is 0.396. The zero-order chi connectivity index (χ0) is 20.9. The van der Waals surface area contributed by atoms with Crippen LogP contribution in [0.3, 0.4) is 0 Å². The second-order valence-corrected chi connectivity index (χ2v) is 8.69. The number of hydrogen-bond donors (Lipinski definition) is 2.